The molecule has 0 amide bonds. The van der Waals surface area contributed by atoms with Crippen LogP contribution >= 0.6 is 0 Å². The number of likely N-dealkylation sites (N-methyl/N-ethyl adjacent to an activating group) is 1. The fourth-order valence-corrected chi connectivity index (χ4v) is 0.962. The highest BCUT2D eigenvalue weighted by Gasteiger charge is 1.92. The molecule has 70 valence electrons. The Kier molecular flexibility index (Phi) is 3.65. The van der Waals surface area contributed by atoms with Gasteiger partial charge in [0.05, 0.1) is 0 Å². The summed E-state index contributed by atoms with van der Waals surface area (Å²) in [5.41, 5.74) is 0.891. The third kappa shape index (κ3) is 3.38. The van der Waals surface area contributed by atoms with E-state index in [9.17, 15) is 4.39 Å². The first kappa shape index (κ1) is 9.93. The Labute approximate surface area is 78.3 Å². The van der Waals surface area contributed by atoms with Crippen LogP contribution in [0.1, 0.15) is 12.5 Å². The molecule has 1 atom stereocenters. The highest BCUT2D eigenvalue weighted by atomic mass is 19.1. The van der Waals surface area contributed by atoms with Crippen molar-refractivity contribution in [1.82, 2.24) is 5.32 Å². The quantitative estimate of drug-likeness (QED) is 0.751. The van der Waals surface area contributed by atoms with E-state index in [0.717, 1.165) is 5.56 Å². The fraction of sp³-hybridized carbons (Fsp3) is 0.273. The first-order valence-corrected chi connectivity index (χ1v) is 4.33. The molecule has 0 aliphatic rings. The maximum absolute atomic E-state index is 12.7. The van der Waals surface area contributed by atoms with Gasteiger partial charge in [0.25, 0.3) is 0 Å². The second kappa shape index (κ2) is 4.77. The van der Waals surface area contributed by atoms with Gasteiger partial charge in [0.2, 0.25) is 0 Å². The standard InChI is InChI=1S/C11H14FN/c1-9(13-2)6-7-10-4-3-5-11(12)8-10/h3-9,13H,1-2H3/b7-6+/t9-/m1/s1. The number of nitrogens with one attached hydrogen (secondary N) is 1. The van der Waals surface area contributed by atoms with Crippen molar-refractivity contribution < 1.29 is 4.39 Å². The molecule has 0 radical (unpaired) electrons. The highest BCUT2D eigenvalue weighted by Crippen LogP contribution is 2.05. The monoisotopic (exact) mass is 179 g/mol. The maximum Gasteiger partial charge on any atom is 0.123 e. The van der Waals surface area contributed by atoms with Gasteiger partial charge in [-0.05, 0) is 31.7 Å². The van der Waals surface area contributed by atoms with Gasteiger partial charge in [-0.2, -0.15) is 0 Å². The van der Waals surface area contributed by atoms with Gasteiger partial charge in [0.1, 0.15) is 5.82 Å². The van der Waals surface area contributed by atoms with Crippen LogP contribution in [-0.2, 0) is 0 Å². The lowest BCUT2D eigenvalue weighted by Gasteiger charge is -2.01. The summed E-state index contributed by atoms with van der Waals surface area (Å²) in [6.07, 6.45) is 3.90. The van der Waals surface area contributed by atoms with Crippen LogP contribution in [-0.4, -0.2) is 13.1 Å². The molecule has 0 saturated carbocycles. The third-order valence-corrected chi connectivity index (χ3v) is 1.88. The molecule has 0 aromatic heterocycles. The van der Waals surface area contributed by atoms with E-state index in [1.54, 1.807) is 6.07 Å². The molecule has 0 unspecified atom stereocenters. The lowest BCUT2D eigenvalue weighted by molar-refractivity contribution is 0.627. The zero-order chi connectivity index (χ0) is 9.68. The van der Waals surface area contributed by atoms with Crippen molar-refractivity contribution in [1.29, 1.82) is 0 Å². The Hall–Kier alpha value is -1.15. The predicted octanol–water partition coefficient (Wildman–Crippen LogP) is 2.45. The molecule has 0 aliphatic heterocycles. The largest absolute Gasteiger partial charge is 0.314 e. The van der Waals surface area contributed by atoms with Crippen LogP contribution in [0.2, 0.25) is 0 Å². The van der Waals surface area contributed by atoms with Gasteiger partial charge >= 0.3 is 0 Å². The molecule has 0 fully saturated rings. The molecule has 1 aromatic rings. The summed E-state index contributed by atoms with van der Waals surface area (Å²) in [6.45, 7) is 2.04. The van der Waals surface area contributed by atoms with E-state index in [2.05, 4.69) is 5.32 Å². The first-order chi connectivity index (χ1) is 6.22. The average Bonchev–Trinajstić information content (AvgIpc) is 2.14. The predicted molar refractivity (Wildman–Crippen MR) is 54.0 cm³/mol. The third-order valence-electron chi connectivity index (χ3n) is 1.88. The Morgan fingerprint density at radius 2 is 2.23 bits per heavy atom. The van der Waals surface area contributed by atoms with Crippen LogP contribution in [0, 0.1) is 5.82 Å². The van der Waals surface area contributed by atoms with E-state index in [1.807, 2.05) is 32.2 Å². The molecule has 0 bridgehead atoms. The summed E-state index contributed by atoms with van der Waals surface area (Å²) in [6, 6.07) is 6.85. The number of hydrogen-bond acceptors (Lipinski definition) is 1. The number of benzene rings is 1. The van der Waals surface area contributed by atoms with Gasteiger partial charge in [0, 0.05) is 6.04 Å². The maximum atomic E-state index is 12.7. The second-order valence-corrected chi connectivity index (χ2v) is 2.99. The molecule has 2 heteroatoms. The summed E-state index contributed by atoms with van der Waals surface area (Å²) in [4.78, 5) is 0. The molecule has 0 spiro atoms. The molecular weight excluding hydrogens is 165 g/mol. The molecule has 0 heterocycles. The van der Waals surface area contributed by atoms with Gasteiger partial charge in [0.15, 0.2) is 0 Å². The molecule has 1 N–H and O–H groups in total. The topological polar surface area (TPSA) is 12.0 Å². The van der Waals surface area contributed by atoms with Crippen LogP contribution < -0.4 is 5.32 Å². The van der Waals surface area contributed by atoms with Gasteiger partial charge < -0.3 is 5.32 Å². The molecule has 13 heavy (non-hydrogen) atoms. The van der Waals surface area contributed by atoms with Crippen LogP contribution in [0.15, 0.2) is 30.3 Å². The zero-order valence-corrected chi connectivity index (χ0v) is 7.92. The first-order valence-electron chi connectivity index (χ1n) is 4.33. The van der Waals surface area contributed by atoms with Crippen molar-refractivity contribution in [2.24, 2.45) is 0 Å². The fourth-order valence-electron chi connectivity index (χ4n) is 0.962. The van der Waals surface area contributed by atoms with Crippen LogP contribution in [0.4, 0.5) is 4.39 Å². The molecule has 1 nitrogen and oxygen atoms in total. The lowest BCUT2D eigenvalue weighted by Crippen LogP contribution is -2.17. The summed E-state index contributed by atoms with van der Waals surface area (Å²) < 4.78 is 12.7. The lowest BCUT2D eigenvalue weighted by atomic mass is 10.2. The molecule has 1 aromatic carbocycles. The van der Waals surface area contributed by atoms with E-state index >= 15 is 0 Å². The second-order valence-electron chi connectivity index (χ2n) is 2.99. The average molecular weight is 179 g/mol. The van der Waals surface area contributed by atoms with Crippen molar-refractivity contribution in [3.8, 4) is 0 Å². The van der Waals surface area contributed by atoms with Crippen molar-refractivity contribution >= 4 is 6.08 Å². The molecule has 0 saturated heterocycles. The SMILES string of the molecule is CN[C@H](C)/C=C/c1cccc(F)c1. The minimum Gasteiger partial charge on any atom is -0.314 e. The Morgan fingerprint density at radius 3 is 2.85 bits per heavy atom. The zero-order valence-electron chi connectivity index (χ0n) is 7.92. The summed E-state index contributed by atoms with van der Waals surface area (Å²) in [5, 5.41) is 3.07. The highest BCUT2D eigenvalue weighted by molar-refractivity contribution is 5.49. The Bertz CT molecular complexity index is 294. The van der Waals surface area contributed by atoms with Gasteiger partial charge in [-0.25, -0.2) is 4.39 Å². The number of rotatable bonds is 3. The molecule has 0 aliphatic carbocycles. The summed E-state index contributed by atoms with van der Waals surface area (Å²) in [7, 11) is 1.89. The molecular formula is C11H14FN. The van der Waals surface area contributed by atoms with Gasteiger partial charge in [-0.1, -0.05) is 24.3 Å². The van der Waals surface area contributed by atoms with Crippen LogP contribution in [0.5, 0.6) is 0 Å². The Morgan fingerprint density at radius 1 is 1.46 bits per heavy atom. The summed E-state index contributed by atoms with van der Waals surface area (Å²) >= 11 is 0. The van der Waals surface area contributed by atoms with E-state index in [-0.39, 0.29) is 5.82 Å². The van der Waals surface area contributed by atoms with E-state index in [4.69, 9.17) is 0 Å². The number of hydrogen-bond donors (Lipinski definition) is 1. The van der Waals surface area contributed by atoms with Crippen LogP contribution in [0.25, 0.3) is 6.08 Å². The van der Waals surface area contributed by atoms with Crippen LogP contribution in [0.3, 0.4) is 0 Å². The van der Waals surface area contributed by atoms with Gasteiger partial charge in [-0.3, -0.25) is 0 Å². The van der Waals surface area contributed by atoms with E-state index in [0.29, 0.717) is 6.04 Å². The Balaban J connectivity index is 2.68. The minimum atomic E-state index is -0.195. The van der Waals surface area contributed by atoms with Crippen molar-refractivity contribution in [3.63, 3.8) is 0 Å². The minimum absolute atomic E-state index is 0.195. The smallest absolute Gasteiger partial charge is 0.123 e. The van der Waals surface area contributed by atoms with Crippen molar-refractivity contribution in [3.05, 3.63) is 41.7 Å². The number of halogens is 1. The normalized spacial score (nSPS) is 13.5. The van der Waals surface area contributed by atoms with Crippen molar-refractivity contribution in [2.45, 2.75) is 13.0 Å². The van der Waals surface area contributed by atoms with Gasteiger partial charge in [-0.15, -0.1) is 0 Å². The summed E-state index contributed by atoms with van der Waals surface area (Å²) in [5.74, 6) is -0.195. The molecule has 1 rings (SSSR count). The van der Waals surface area contributed by atoms with Crippen molar-refractivity contribution in [2.75, 3.05) is 7.05 Å². The van der Waals surface area contributed by atoms with E-state index in [1.165, 1.54) is 12.1 Å². The van der Waals surface area contributed by atoms with E-state index < -0.39 is 0 Å².